The van der Waals surface area contributed by atoms with Crippen molar-refractivity contribution >= 4 is 45.7 Å². The number of non-ortho nitro benzene ring substituents is 2. The molecule has 4 aromatic rings. The lowest BCUT2D eigenvalue weighted by Gasteiger charge is -2.24. The number of nitrogens with one attached hydrogen (secondary N) is 2. The molecule has 4 N–H and O–H groups in total. The molecule has 0 aliphatic heterocycles. The Morgan fingerprint density at radius 3 is 1.20 bits per heavy atom. The normalized spacial score (nSPS) is 11.9. The number of carbonyl (C=O) groups excluding carboxylic acids is 2. The number of nitrogens with zero attached hydrogens (tertiary/aromatic N) is 2. The molecule has 0 radical (unpaired) electrons. The van der Waals surface area contributed by atoms with Crippen molar-refractivity contribution in [2.24, 2.45) is 0 Å². The predicted molar refractivity (Wildman–Crippen MR) is 136 cm³/mol. The number of ketones is 2. The summed E-state index contributed by atoms with van der Waals surface area (Å²) in [7, 11) is 0. The molecule has 4 aromatic carbocycles. The third kappa shape index (κ3) is 4.09. The van der Waals surface area contributed by atoms with E-state index in [4.69, 9.17) is 0 Å². The number of hydrogen-bond donors (Lipinski definition) is 4. The van der Waals surface area contributed by atoms with Gasteiger partial charge in [-0.05, 0) is 36.4 Å². The van der Waals surface area contributed by atoms with Gasteiger partial charge in [-0.1, -0.05) is 0 Å². The average Bonchev–Trinajstić information content (AvgIpc) is 2.92. The second kappa shape index (κ2) is 9.43. The number of anilines is 4. The number of benzene rings is 4. The zero-order chi connectivity index (χ0) is 28.9. The maximum absolute atomic E-state index is 16.1. The summed E-state index contributed by atoms with van der Waals surface area (Å²) in [6.45, 7) is 0. The van der Waals surface area contributed by atoms with Gasteiger partial charge >= 0.3 is 0 Å². The minimum Gasteiger partial charge on any atom is -0.507 e. The van der Waals surface area contributed by atoms with Crippen molar-refractivity contribution in [2.45, 2.75) is 0 Å². The fourth-order valence-electron chi connectivity index (χ4n) is 4.26. The highest BCUT2D eigenvalue weighted by molar-refractivity contribution is 6.31. The topological polar surface area (TPSA) is 185 Å². The van der Waals surface area contributed by atoms with E-state index in [-0.39, 0.29) is 22.7 Å². The SMILES string of the molecule is O=C1c2c(O)ccc(O)c2C(=O)c2c(F)c(Nc3ccc([N+](=O)[O-])cc3)c(Nc3ccc([N+](=O)[O-])cc3)c(F)c21. The number of fused-ring (bicyclic) bond motifs is 2. The Morgan fingerprint density at radius 1 is 0.575 bits per heavy atom. The van der Waals surface area contributed by atoms with Gasteiger partial charge in [-0.15, -0.1) is 0 Å². The maximum atomic E-state index is 16.1. The molecule has 0 aromatic heterocycles. The number of hydrogen-bond acceptors (Lipinski definition) is 10. The summed E-state index contributed by atoms with van der Waals surface area (Å²) in [5.74, 6) is -6.85. The van der Waals surface area contributed by atoms with E-state index in [9.17, 15) is 40.0 Å². The summed E-state index contributed by atoms with van der Waals surface area (Å²) in [4.78, 5) is 47.2. The van der Waals surface area contributed by atoms with Crippen molar-refractivity contribution in [3.63, 3.8) is 0 Å². The van der Waals surface area contributed by atoms with Crippen LogP contribution < -0.4 is 10.6 Å². The number of nitro groups is 2. The molecule has 0 amide bonds. The van der Waals surface area contributed by atoms with E-state index in [1.54, 1.807) is 0 Å². The van der Waals surface area contributed by atoms with Crippen molar-refractivity contribution < 1.29 is 38.4 Å². The van der Waals surface area contributed by atoms with E-state index in [1.807, 2.05) is 0 Å². The van der Waals surface area contributed by atoms with Crippen LogP contribution in [0.1, 0.15) is 31.8 Å². The minimum atomic E-state index is -1.41. The summed E-state index contributed by atoms with van der Waals surface area (Å²) in [5, 5.41) is 47.5. The second-order valence-corrected chi connectivity index (χ2v) is 8.50. The van der Waals surface area contributed by atoms with E-state index in [0.29, 0.717) is 0 Å². The van der Waals surface area contributed by atoms with Crippen LogP contribution in [0.15, 0.2) is 60.7 Å². The number of phenols is 2. The van der Waals surface area contributed by atoms with Gasteiger partial charge in [0.1, 0.15) is 22.9 Å². The third-order valence-electron chi connectivity index (χ3n) is 6.14. The molecule has 0 heterocycles. The minimum absolute atomic E-state index is 0.0334. The number of phenolic OH excluding ortho intramolecular Hbond substituents is 2. The molecule has 14 heteroatoms. The Hall–Kier alpha value is -5.92. The number of halogens is 2. The van der Waals surface area contributed by atoms with Gasteiger partial charge in [0.2, 0.25) is 11.6 Å². The standard InChI is InChI=1S/C26H14F2N4O8/c27-21-19-20(26(36)18-16(34)10-9-15(33)17(18)25(19)35)22(28)24(30-12-3-7-14(8-4-12)32(39)40)23(21)29-11-1-5-13(6-2-11)31(37)38/h1-10,29-30,33-34H. The molecule has 1 aliphatic rings. The molecule has 12 nitrogen and oxygen atoms in total. The van der Waals surface area contributed by atoms with E-state index in [1.165, 1.54) is 24.3 Å². The molecule has 1 aliphatic carbocycles. The monoisotopic (exact) mass is 548 g/mol. The summed E-state index contributed by atoms with van der Waals surface area (Å²) in [6, 6.07) is 10.9. The van der Waals surface area contributed by atoms with Gasteiger partial charge in [0.15, 0.2) is 11.6 Å². The van der Waals surface area contributed by atoms with E-state index in [2.05, 4.69) is 10.6 Å². The van der Waals surface area contributed by atoms with Gasteiger partial charge in [-0.3, -0.25) is 29.8 Å². The number of carbonyl (C=O) groups is 2. The molecule has 0 saturated heterocycles. The van der Waals surface area contributed by atoms with Crippen LogP contribution in [0.2, 0.25) is 0 Å². The van der Waals surface area contributed by atoms with Crippen LogP contribution in [-0.2, 0) is 0 Å². The Balaban J connectivity index is 1.72. The van der Waals surface area contributed by atoms with Crippen LogP contribution >= 0.6 is 0 Å². The van der Waals surface area contributed by atoms with Gasteiger partial charge in [0, 0.05) is 35.6 Å². The van der Waals surface area contributed by atoms with Crippen molar-refractivity contribution in [1.82, 2.24) is 0 Å². The lowest BCUT2D eigenvalue weighted by molar-refractivity contribution is -0.385. The van der Waals surface area contributed by atoms with Crippen LogP contribution in [-0.4, -0.2) is 31.6 Å². The molecule has 0 unspecified atom stereocenters. The van der Waals surface area contributed by atoms with Crippen molar-refractivity contribution in [3.8, 4) is 11.5 Å². The average molecular weight is 548 g/mol. The van der Waals surface area contributed by atoms with Gasteiger partial charge < -0.3 is 20.8 Å². The predicted octanol–water partition coefficient (Wildman–Crippen LogP) is 5.46. The Kier molecular flexibility index (Phi) is 6.06. The van der Waals surface area contributed by atoms with Crippen molar-refractivity contribution in [1.29, 1.82) is 0 Å². The van der Waals surface area contributed by atoms with Gasteiger partial charge in [0.05, 0.1) is 32.1 Å². The van der Waals surface area contributed by atoms with E-state index in [0.717, 1.165) is 36.4 Å². The molecule has 0 atom stereocenters. The first kappa shape index (κ1) is 25.7. The smallest absolute Gasteiger partial charge is 0.269 e. The molecule has 0 spiro atoms. The molecule has 40 heavy (non-hydrogen) atoms. The van der Waals surface area contributed by atoms with Crippen LogP contribution in [0.3, 0.4) is 0 Å². The Labute approximate surface area is 221 Å². The Morgan fingerprint density at radius 2 is 0.900 bits per heavy atom. The van der Waals surface area contributed by atoms with Crippen LogP contribution in [0.25, 0.3) is 0 Å². The maximum Gasteiger partial charge on any atom is 0.269 e. The molecule has 200 valence electrons. The fraction of sp³-hybridized carbons (Fsp3) is 0. The van der Waals surface area contributed by atoms with E-state index < -0.39 is 78.2 Å². The molecule has 0 bridgehead atoms. The largest absolute Gasteiger partial charge is 0.507 e. The van der Waals surface area contributed by atoms with Crippen LogP contribution in [0, 0.1) is 31.9 Å². The van der Waals surface area contributed by atoms with Crippen LogP contribution in [0.5, 0.6) is 11.5 Å². The summed E-state index contributed by atoms with van der Waals surface area (Å²) in [6.07, 6.45) is 0. The fourth-order valence-corrected chi connectivity index (χ4v) is 4.26. The molecule has 0 fully saturated rings. The Bertz CT molecular complexity index is 1640. The highest BCUT2D eigenvalue weighted by Crippen LogP contribution is 2.45. The molecule has 5 rings (SSSR count). The zero-order valence-corrected chi connectivity index (χ0v) is 19.8. The van der Waals surface area contributed by atoms with Crippen molar-refractivity contribution in [3.05, 3.63) is 115 Å². The van der Waals surface area contributed by atoms with Gasteiger partial charge in [0.25, 0.3) is 11.4 Å². The lowest BCUT2D eigenvalue weighted by Crippen LogP contribution is -2.26. The summed E-state index contributed by atoms with van der Waals surface area (Å²) < 4.78 is 32.3. The van der Waals surface area contributed by atoms with Crippen molar-refractivity contribution in [2.75, 3.05) is 10.6 Å². The molecular formula is C26H14F2N4O8. The van der Waals surface area contributed by atoms with Gasteiger partial charge in [-0.25, -0.2) is 8.78 Å². The number of aromatic hydroxyl groups is 2. The lowest BCUT2D eigenvalue weighted by atomic mass is 9.81. The summed E-state index contributed by atoms with van der Waals surface area (Å²) in [5.41, 5.74) is -5.36. The first-order chi connectivity index (χ1) is 19.0. The van der Waals surface area contributed by atoms with Gasteiger partial charge in [-0.2, -0.15) is 0 Å². The molecule has 0 saturated carbocycles. The second-order valence-electron chi connectivity index (χ2n) is 8.50. The molecular weight excluding hydrogens is 534 g/mol. The highest BCUT2D eigenvalue weighted by atomic mass is 19.1. The third-order valence-corrected chi connectivity index (χ3v) is 6.14. The first-order valence-corrected chi connectivity index (χ1v) is 11.2. The number of nitro benzene ring substituents is 2. The van der Waals surface area contributed by atoms with E-state index >= 15 is 8.78 Å². The summed E-state index contributed by atoms with van der Waals surface area (Å²) >= 11 is 0. The first-order valence-electron chi connectivity index (χ1n) is 11.2. The quantitative estimate of drug-likeness (QED) is 0.121. The van der Waals surface area contributed by atoms with Crippen LogP contribution in [0.4, 0.5) is 42.9 Å². The number of rotatable bonds is 6. The highest BCUT2D eigenvalue weighted by Gasteiger charge is 2.41. The zero-order valence-electron chi connectivity index (χ0n) is 19.8.